The molecule has 7 rings (SSSR count). The molecule has 0 amide bonds. The molecule has 0 spiro atoms. The Morgan fingerprint density at radius 1 is 1.03 bits per heavy atom. The van der Waals surface area contributed by atoms with E-state index in [1.54, 1.807) is 7.11 Å². The van der Waals surface area contributed by atoms with Crippen molar-refractivity contribution in [1.29, 1.82) is 0 Å². The maximum Gasteiger partial charge on any atom is 0.327 e. The van der Waals surface area contributed by atoms with Crippen molar-refractivity contribution >= 4 is 23.0 Å². The number of fused-ring (bicyclic) bond motifs is 5. The smallest absolute Gasteiger partial charge is 0.327 e. The number of nitrogens with zero attached hydrogens (tertiary/aromatic N) is 4. The summed E-state index contributed by atoms with van der Waals surface area (Å²) in [6, 6.07) is 7.62. The summed E-state index contributed by atoms with van der Waals surface area (Å²) in [6.45, 7) is 4.44. The summed E-state index contributed by atoms with van der Waals surface area (Å²) < 4.78 is 5.38. The number of hydrogen-bond donors (Lipinski definition) is 2. The number of aromatic nitrogens is 3. The fraction of sp³-hybridized carbons (Fsp3) is 0.250. The van der Waals surface area contributed by atoms with Gasteiger partial charge in [0.05, 0.1) is 29.8 Å². The Morgan fingerprint density at radius 3 is 2.62 bits per heavy atom. The van der Waals surface area contributed by atoms with Crippen molar-refractivity contribution in [2.24, 2.45) is 15.4 Å². The van der Waals surface area contributed by atoms with Crippen molar-refractivity contribution in [3.63, 3.8) is 0 Å². The van der Waals surface area contributed by atoms with E-state index >= 15 is 0 Å². The van der Waals surface area contributed by atoms with Crippen LogP contribution in [0.5, 0.6) is 5.75 Å². The van der Waals surface area contributed by atoms with Gasteiger partial charge in [0.15, 0.2) is 5.49 Å². The molecule has 1 unspecified atom stereocenters. The molecule has 0 saturated carbocycles. The Labute approximate surface area is 211 Å². The molecule has 9 heteroatoms. The molecule has 1 aromatic carbocycles. The quantitative estimate of drug-likeness (QED) is 0.446. The Morgan fingerprint density at radius 2 is 1.84 bits per heavy atom. The molecule has 9 nitrogen and oxygen atoms in total. The molecule has 37 heavy (non-hydrogen) atoms. The fourth-order valence-electron chi connectivity index (χ4n) is 5.88. The van der Waals surface area contributed by atoms with Gasteiger partial charge in [0.25, 0.3) is 5.56 Å². The minimum atomic E-state index is -0.598. The molecular weight excluding hydrogens is 468 g/mol. The van der Waals surface area contributed by atoms with Crippen LogP contribution in [0.1, 0.15) is 48.6 Å². The maximum atomic E-state index is 13.3. The summed E-state index contributed by atoms with van der Waals surface area (Å²) in [4.78, 5) is 47.6. The van der Waals surface area contributed by atoms with Gasteiger partial charge in [-0.2, -0.15) is 0 Å². The van der Waals surface area contributed by atoms with E-state index in [2.05, 4.69) is 28.7 Å². The Balaban J connectivity index is 1.64. The normalized spacial score (nSPS) is 19.8. The summed E-state index contributed by atoms with van der Waals surface area (Å²) in [5.41, 5.74) is 4.35. The first-order chi connectivity index (χ1) is 17.8. The number of rotatable bonds is 2. The van der Waals surface area contributed by atoms with Gasteiger partial charge in [-0.1, -0.05) is 32.1 Å². The van der Waals surface area contributed by atoms with Crippen LogP contribution in [0, 0.1) is 5.41 Å². The molecular formula is C28H24N6O3. The van der Waals surface area contributed by atoms with E-state index in [0.717, 1.165) is 52.1 Å². The number of nitrogens with one attached hydrogen (secondary N) is 2. The second-order valence-corrected chi connectivity index (χ2v) is 10.5. The third-order valence-corrected chi connectivity index (χ3v) is 7.37. The van der Waals surface area contributed by atoms with Crippen molar-refractivity contribution in [2.75, 3.05) is 12.0 Å². The molecule has 0 bridgehead atoms. The molecule has 1 atom stereocenters. The number of amidine groups is 1. The van der Waals surface area contributed by atoms with Gasteiger partial charge in [0, 0.05) is 22.9 Å². The molecule has 1 aliphatic carbocycles. The SMILES string of the molecule is COc1ccc(C2c3c4c5c(nc3=Nc3[nH]c(=O)[nH]c(=O)c32)CC(C)(C)CC=5N=C2C=CC=CN24)cc1. The first-order valence-electron chi connectivity index (χ1n) is 12.2. The number of H-pyrrole nitrogens is 2. The summed E-state index contributed by atoms with van der Waals surface area (Å²) >= 11 is 0. The van der Waals surface area contributed by atoms with E-state index in [4.69, 9.17) is 19.7 Å². The minimum Gasteiger partial charge on any atom is -0.497 e. The summed E-state index contributed by atoms with van der Waals surface area (Å²) in [6.07, 6.45) is 9.51. The van der Waals surface area contributed by atoms with E-state index in [0.29, 0.717) is 16.8 Å². The van der Waals surface area contributed by atoms with Crippen LogP contribution in [-0.2, 0) is 6.42 Å². The highest BCUT2D eigenvalue weighted by Gasteiger charge is 2.39. The van der Waals surface area contributed by atoms with E-state index in [1.807, 2.05) is 48.7 Å². The zero-order valence-corrected chi connectivity index (χ0v) is 20.6. The van der Waals surface area contributed by atoms with Crippen LogP contribution in [0.15, 0.2) is 68.3 Å². The lowest BCUT2D eigenvalue weighted by molar-refractivity contribution is 0.358. The summed E-state index contributed by atoms with van der Waals surface area (Å²) in [5, 5.41) is 1.01. The number of allylic oxidation sites excluding steroid dienone is 2. The number of aliphatic imine (C=N–C) groups is 1. The van der Waals surface area contributed by atoms with Crippen molar-refractivity contribution in [3.8, 4) is 5.75 Å². The zero-order valence-electron chi connectivity index (χ0n) is 20.6. The summed E-state index contributed by atoms with van der Waals surface area (Å²) in [7, 11) is 1.62. The predicted molar refractivity (Wildman–Crippen MR) is 140 cm³/mol. The number of anilines is 1. The molecule has 3 aromatic rings. The molecule has 3 aliphatic heterocycles. The third-order valence-electron chi connectivity index (χ3n) is 7.37. The fourth-order valence-corrected chi connectivity index (χ4v) is 5.88. The largest absolute Gasteiger partial charge is 0.497 e. The van der Waals surface area contributed by atoms with Crippen LogP contribution in [0.4, 0.5) is 11.5 Å². The van der Waals surface area contributed by atoms with Crippen LogP contribution in [0.25, 0.3) is 5.70 Å². The Kier molecular flexibility index (Phi) is 4.40. The van der Waals surface area contributed by atoms with E-state index in [-0.39, 0.29) is 11.2 Å². The van der Waals surface area contributed by atoms with Crippen LogP contribution in [0.2, 0.25) is 0 Å². The first-order valence-corrected chi connectivity index (χ1v) is 12.2. The number of ether oxygens (including phenoxy) is 1. The average molecular weight is 493 g/mol. The van der Waals surface area contributed by atoms with Crippen LogP contribution in [-0.4, -0.2) is 27.9 Å². The van der Waals surface area contributed by atoms with Gasteiger partial charge in [-0.05, 0) is 48.1 Å². The van der Waals surface area contributed by atoms with E-state index in [9.17, 15) is 9.59 Å². The molecule has 0 fully saturated rings. The summed E-state index contributed by atoms with van der Waals surface area (Å²) in [5.74, 6) is 1.24. The number of hydrogen-bond acceptors (Lipinski definition) is 7. The third kappa shape index (κ3) is 3.20. The van der Waals surface area contributed by atoms with Crippen molar-refractivity contribution in [3.05, 3.63) is 103 Å². The van der Waals surface area contributed by atoms with Gasteiger partial charge in [0.1, 0.15) is 17.4 Å². The molecule has 184 valence electrons. The van der Waals surface area contributed by atoms with E-state index < -0.39 is 17.2 Å². The zero-order chi connectivity index (χ0) is 25.5. The van der Waals surface area contributed by atoms with Crippen LogP contribution < -0.4 is 31.6 Å². The Hall–Kier alpha value is -4.53. The first kappa shape index (κ1) is 21.7. The highest BCUT2D eigenvalue weighted by Crippen LogP contribution is 2.42. The second-order valence-electron chi connectivity index (χ2n) is 10.5. The number of benzene rings is 1. The van der Waals surface area contributed by atoms with Crippen molar-refractivity contribution < 1.29 is 4.74 Å². The van der Waals surface area contributed by atoms with Crippen LogP contribution >= 0.6 is 0 Å². The van der Waals surface area contributed by atoms with Crippen molar-refractivity contribution in [2.45, 2.75) is 32.6 Å². The van der Waals surface area contributed by atoms with Gasteiger partial charge >= 0.3 is 5.69 Å². The topological polar surface area (TPSA) is 116 Å². The van der Waals surface area contributed by atoms with E-state index in [1.165, 1.54) is 0 Å². The lowest BCUT2D eigenvalue weighted by atomic mass is 9.76. The Bertz CT molecular complexity index is 1840. The minimum absolute atomic E-state index is 0.0191. The maximum absolute atomic E-state index is 13.3. The van der Waals surface area contributed by atoms with Gasteiger partial charge in [0.2, 0.25) is 0 Å². The van der Waals surface area contributed by atoms with Crippen LogP contribution in [0.3, 0.4) is 0 Å². The monoisotopic (exact) mass is 492 g/mol. The molecule has 4 aliphatic rings. The molecule has 2 N–H and O–H groups in total. The van der Waals surface area contributed by atoms with Gasteiger partial charge in [-0.3, -0.25) is 14.8 Å². The second kappa shape index (κ2) is 7.49. The van der Waals surface area contributed by atoms with Gasteiger partial charge in [-0.25, -0.2) is 19.8 Å². The predicted octanol–water partition coefficient (Wildman–Crippen LogP) is 2.29. The molecule has 0 radical (unpaired) electrons. The van der Waals surface area contributed by atoms with Gasteiger partial charge < -0.3 is 9.64 Å². The highest BCUT2D eigenvalue weighted by atomic mass is 16.5. The lowest BCUT2D eigenvalue weighted by Crippen LogP contribution is -2.45. The molecule has 0 saturated heterocycles. The molecule has 5 heterocycles. The average Bonchev–Trinajstić information content (AvgIpc) is 2.86. The van der Waals surface area contributed by atoms with Gasteiger partial charge in [-0.15, -0.1) is 0 Å². The standard InChI is InChI=1S/C28H24N6O3/c1-28(2)12-16-20-17(13-28)30-24-21(23(20)34-11-5-4-6-18(34)29-16)19(14-7-9-15(37-3)10-8-14)22-25(31-24)32-27(36)33-26(22)35/h4-11,19H,12-13H2,1-3H3,(H2,32,33,35,36). The lowest BCUT2D eigenvalue weighted by Gasteiger charge is -2.38. The van der Waals surface area contributed by atoms with Crippen molar-refractivity contribution in [1.82, 2.24) is 15.0 Å². The highest BCUT2D eigenvalue weighted by molar-refractivity contribution is 6.12. The number of methoxy groups -OCH3 is 1. The number of aromatic amines is 2. The number of pyridine rings is 1. The molecule has 2 aromatic heterocycles.